The Bertz CT molecular complexity index is 962. The molecule has 0 fully saturated rings. The highest BCUT2D eigenvalue weighted by atomic mass is 35.5. The van der Waals surface area contributed by atoms with Crippen molar-refractivity contribution in [2.24, 2.45) is 5.73 Å². The third-order valence-electron chi connectivity index (χ3n) is 3.71. The van der Waals surface area contributed by atoms with E-state index in [1.165, 1.54) is 19.1 Å². The molecule has 7 nitrogen and oxygen atoms in total. The molecule has 2 rings (SSSR count). The van der Waals surface area contributed by atoms with Gasteiger partial charge in [0.1, 0.15) is 5.56 Å². The molecule has 0 aliphatic rings. The van der Waals surface area contributed by atoms with Crippen LogP contribution in [-0.2, 0) is 15.7 Å². The van der Waals surface area contributed by atoms with Gasteiger partial charge in [0.25, 0.3) is 11.6 Å². The molecule has 28 heavy (non-hydrogen) atoms. The fourth-order valence-electron chi connectivity index (χ4n) is 2.31. The summed E-state index contributed by atoms with van der Waals surface area (Å²) in [5, 5.41) is 11.2. The number of nitrogens with zero attached hydrogens (tertiary/aromatic N) is 1. The number of amides is 1. The van der Waals surface area contributed by atoms with Gasteiger partial charge < -0.3 is 10.5 Å². The molecule has 1 unspecified atom stereocenters. The molecule has 0 radical (unpaired) electrons. The number of hydrogen-bond acceptors (Lipinski definition) is 5. The number of hydrogen-bond donors (Lipinski definition) is 1. The Morgan fingerprint density at radius 2 is 1.86 bits per heavy atom. The van der Waals surface area contributed by atoms with Crippen LogP contribution in [0.3, 0.4) is 0 Å². The summed E-state index contributed by atoms with van der Waals surface area (Å²) in [6.45, 7) is 1.18. The maximum absolute atomic E-state index is 12.8. The predicted octanol–water partition coefficient (Wildman–Crippen LogP) is 3.96. The number of nitrogens with two attached hydrogens (primary N) is 1. The summed E-state index contributed by atoms with van der Waals surface area (Å²) in [7, 11) is 0. The normalized spacial score (nSPS) is 12.3. The van der Waals surface area contributed by atoms with E-state index >= 15 is 0 Å². The van der Waals surface area contributed by atoms with Gasteiger partial charge in [-0.3, -0.25) is 14.9 Å². The monoisotopic (exact) mass is 416 g/mol. The average Bonchev–Trinajstić information content (AvgIpc) is 2.59. The van der Waals surface area contributed by atoms with Crippen LogP contribution in [0.25, 0.3) is 11.1 Å². The largest absolute Gasteiger partial charge is 0.449 e. The summed E-state index contributed by atoms with van der Waals surface area (Å²) in [6, 6.07) is 5.87. The summed E-state index contributed by atoms with van der Waals surface area (Å²) >= 11 is 5.90. The lowest BCUT2D eigenvalue weighted by Gasteiger charge is -2.13. The molecular formula is C17H12ClF3N2O5. The number of alkyl halides is 3. The van der Waals surface area contributed by atoms with E-state index in [2.05, 4.69) is 0 Å². The highest BCUT2D eigenvalue weighted by Crippen LogP contribution is 2.40. The second-order valence-electron chi connectivity index (χ2n) is 5.60. The molecule has 0 aromatic heterocycles. The minimum absolute atomic E-state index is 0.0843. The molecule has 2 aromatic rings. The van der Waals surface area contributed by atoms with E-state index in [0.717, 1.165) is 12.1 Å². The minimum Gasteiger partial charge on any atom is -0.449 e. The molecule has 0 heterocycles. The zero-order chi connectivity index (χ0) is 21.2. The summed E-state index contributed by atoms with van der Waals surface area (Å²) in [6.07, 6.45) is -5.99. The van der Waals surface area contributed by atoms with Crippen LogP contribution in [0.15, 0.2) is 36.4 Å². The Morgan fingerprint density at radius 1 is 1.21 bits per heavy atom. The predicted molar refractivity (Wildman–Crippen MR) is 92.6 cm³/mol. The van der Waals surface area contributed by atoms with Gasteiger partial charge in [0.15, 0.2) is 6.10 Å². The van der Waals surface area contributed by atoms with Gasteiger partial charge >= 0.3 is 12.1 Å². The van der Waals surface area contributed by atoms with Crippen LogP contribution in [0.5, 0.6) is 0 Å². The Hall–Kier alpha value is -3.14. The summed E-state index contributed by atoms with van der Waals surface area (Å²) in [5.41, 5.74) is 2.45. The lowest BCUT2D eigenvalue weighted by Crippen LogP contribution is -2.30. The van der Waals surface area contributed by atoms with Gasteiger partial charge in [0.05, 0.1) is 16.1 Å². The van der Waals surface area contributed by atoms with Crippen LogP contribution in [0.1, 0.15) is 22.8 Å². The molecular weight excluding hydrogens is 405 g/mol. The number of nitro groups is 1. The number of esters is 1. The molecule has 0 saturated heterocycles. The first-order valence-corrected chi connectivity index (χ1v) is 7.96. The summed E-state index contributed by atoms with van der Waals surface area (Å²) in [4.78, 5) is 33.9. The summed E-state index contributed by atoms with van der Waals surface area (Å²) in [5.74, 6) is -2.15. The van der Waals surface area contributed by atoms with Crippen molar-refractivity contribution in [3.8, 4) is 11.1 Å². The van der Waals surface area contributed by atoms with Gasteiger partial charge in [0, 0.05) is 10.6 Å². The smallest absolute Gasteiger partial charge is 0.416 e. The number of carbonyl (C=O) groups is 2. The lowest BCUT2D eigenvalue weighted by molar-refractivity contribution is -0.384. The average molecular weight is 417 g/mol. The Morgan fingerprint density at radius 3 is 2.36 bits per heavy atom. The molecule has 2 N–H and O–H groups in total. The quantitative estimate of drug-likeness (QED) is 0.450. The zero-order valence-electron chi connectivity index (χ0n) is 14.1. The maximum atomic E-state index is 12.8. The lowest BCUT2D eigenvalue weighted by atomic mass is 9.98. The standard InChI is InChI=1S/C17H12ClF3N2O5/c1-8(15(22)24)28-16(25)12-4-2-3-11(14(12)23(26)27)10-6-5-9(7-13(10)18)17(19,20)21/h2-8H,1H3,(H2,22,24). The van der Waals surface area contributed by atoms with Gasteiger partial charge in [-0.15, -0.1) is 0 Å². The SMILES string of the molecule is CC(OC(=O)c1cccc(-c2ccc(C(F)(F)F)cc2Cl)c1[N+](=O)[O-])C(N)=O. The van der Waals surface area contributed by atoms with Crippen molar-refractivity contribution in [3.05, 3.63) is 62.7 Å². The number of para-hydroxylation sites is 1. The van der Waals surface area contributed by atoms with E-state index in [4.69, 9.17) is 22.1 Å². The maximum Gasteiger partial charge on any atom is 0.416 e. The van der Waals surface area contributed by atoms with Crippen LogP contribution in [-0.4, -0.2) is 22.9 Å². The Labute approximate surface area is 161 Å². The van der Waals surface area contributed by atoms with Crippen molar-refractivity contribution in [3.63, 3.8) is 0 Å². The van der Waals surface area contributed by atoms with Crippen molar-refractivity contribution in [2.75, 3.05) is 0 Å². The second kappa shape index (κ2) is 7.85. The second-order valence-corrected chi connectivity index (χ2v) is 6.01. The highest BCUT2D eigenvalue weighted by molar-refractivity contribution is 6.33. The number of carbonyl (C=O) groups excluding carboxylic acids is 2. The van der Waals surface area contributed by atoms with Crippen molar-refractivity contribution in [1.29, 1.82) is 0 Å². The van der Waals surface area contributed by atoms with Gasteiger partial charge in [-0.1, -0.05) is 23.7 Å². The van der Waals surface area contributed by atoms with Crippen molar-refractivity contribution in [2.45, 2.75) is 19.2 Å². The van der Waals surface area contributed by atoms with E-state index in [-0.39, 0.29) is 11.1 Å². The summed E-state index contributed by atoms with van der Waals surface area (Å²) < 4.78 is 43.2. The number of benzene rings is 2. The van der Waals surface area contributed by atoms with E-state index in [9.17, 15) is 32.9 Å². The number of primary amides is 1. The number of rotatable bonds is 5. The van der Waals surface area contributed by atoms with Crippen LogP contribution in [0.4, 0.5) is 18.9 Å². The van der Waals surface area contributed by atoms with E-state index < -0.39 is 50.9 Å². The number of nitro benzene ring substituents is 1. The van der Waals surface area contributed by atoms with E-state index in [1.807, 2.05) is 0 Å². The van der Waals surface area contributed by atoms with Crippen LogP contribution in [0.2, 0.25) is 5.02 Å². The van der Waals surface area contributed by atoms with E-state index in [0.29, 0.717) is 12.1 Å². The van der Waals surface area contributed by atoms with Gasteiger partial charge in [-0.25, -0.2) is 4.79 Å². The first-order valence-electron chi connectivity index (χ1n) is 7.58. The molecule has 0 aliphatic heterocycles. The molecule has 0 spiro atoms. The molecule has 0 aliphatic carbocycles. The van der Waals surface area contributed by atoms with E-state index in [1.54, 1.807) is 0 Å². The fourth-order valence-corrected chi connectivity index (χ4v) is 2.60. The molecule has 0 saturated carbocycles. The highest BCUT2D eigenvalue weighted by Gasteiger charge is 2.33. The van der Waals surface area contributed by atoms with Crippen molar-refractivity contribution < 1.29 is 32.4 Å². The van der Waals surface area contributed by atoms with Crippen LogP contribution in [0, 0.1) is 10.1 Å². The zero-order valence-corrected chi connectivity index (χ0v) is 14.9. The third kappa shape index (κ3) is 4.39. The minimum atomic E-state index is -4.65. The Balaban J connectivity index is 2.59. The van der Waals surface area contributed by atoms with Crippen molar-refractivity contribution in [1.82, 2.24) is 0 Å². The molecule has 0 bridgehead atoms. The first-order chi connectivity index (χ1) is 12.9. The van der Waals surface area contributed by atoms with Crippen molar-refractivity contribution >= 4 is 29.2 Å². The van der Waals surface area contributed by atoms with Gasteiger partial charge in [0.2, 0.25) is 0 Å². The third-order valence-corrected chi connectivity index (χ3v) is 4.02. The first kappa shape index (κ1) is 21.2. The van der Waals surface area contributed by atoms with Gasteiger partial charge in [-0.05, 0) is 31.2 Å². The molecule has 11 heteroatoms. The Kier molecular flexibility index (Phi) is 5.93. The topological polar surface area (TPSA) is 113 Å². The molecule has 1 amide bonds. The number of ether oxygens (including phenoxy) is 1. The molecule has 2 aromatic carbocycles. The molecule has 1 atom stereocenters. The van der Waals surface area contributed by atoms with Crippen LogP contribution >= 0.6 is 11.6 Å². The fraction of sp³-hybridized carbons (Fsp3) is 0.176. The van der Waals surface area contributed by atoms with Crippen LogP contribution < -0.4 is 5.73 Å². The van der Waals surface area contributed by atoms with Gasteiger partial charge in [-0.2, -0.15) is 13.2 Å². The number of halogens is 4. The molecule has 148 valence electrons.